The van der Waals surface area contributed by atoms with Gasteiger partial charge in [0.2, 0.25) is 6.41 Å². The van der Waals surface area contributed by atoms with E-state index in [1.807, 2.05) is 13.0 Å². The van der Waals surface area contributed by atoms with Crippen molar-refractivity contribution in [2.45, 2.75) is 59.5 Å². The summed E-state index contributed by atoms with van der Waals surface area (Å²) >= 11 is 0. The molecule has 42 heavy (non-hydrogen) atoms. The van der Waals surface area contributed by atoms with Crippen molar-refractivity contribution in [2.75, 3.05) is 64.6 Å². The normalized spacial score (nSPS) is 17.6. The van der Waals surface area contributed by atoms with Gasteiger partial charge < -0.3 is 34.2 Å². The number of nitrogens with zero attached hydrogens (tertiary/aromatic N) is 2. The lowest BCUT2D eigenvalue weighted by atomic mass is 9.95. The summed E-state index contributed by atoms with van der Waals surface area (Å²) in [5.41, 5.74) is 4.94. The molecule has 2 saturated heterocycles. The van der Waals surface area contributed by atoms with Crippen molar-refractivity contribution < 1.29 is 28.2 Å². The van der Waals surface area contributed by atoms with Crippen LogP contribution < -0.4 is 15.5 Å². The Morgan fingerprint density at radius 2 is 1.83 bits per heavy atom. The predicted molar refractivity (Wildman–Crippen MR) is 164 cm³/mol. The first-order chi connectivity index (χ1) is 20.4. The Hall–Kier alpha value is -3.34. The van der Waals surface area contributed by atoms with Gasteiger partial charge in [0.05, 0.1) is 32.4 Å². The molecule has 230 valence electrons. The van der Waals surface area contributed by atoms with Crippen molar-refractivity contribution in [1.82, 2.24) is 15.5 Å². The summed E-state index contributed by atoms with van der Waals surface area (Å²) in [7, 11) is 1.57. The van der Waals surface area contributed by atoms with Crippen LogP contribution in [0.15, 0.2) is 39.7 Å². The smallest absolute Gasteiger partial charge is 0.252 e. The Balaban J connectivity index is 1.73. The lowest BCUT2D eigenvalue weighted by molar-refractivity contribution is -0.108. The van der Waals surface area contributed by atoms with E-state index >= 15 is 0 Å². The molecule has 4 rings (SSSR count). The molecule has 2 aliphatic rings. The van der Waals surface area contributed by atoms with E-state index in [-0.39, 0.29) is 12.5 Å². The second-order valence-electron chi connectivity index (χ2n) is 10.9. The predicted octanol–water partition coefficient (Wildman–Crippen LogP) is 4.13. The van der Waals surface area contributed by atoms with Crippen LogP contribution in [-0.4, -0.2) is 83.0 Å². The Morgan fingerprint density at radius 1 is 1.12 bits per heavy atom. The molecule has 0 radical (unpaired) electrons. The molecular formula is C32H46N4O6. The highest BCUT2D eigenvalue weighted by atomic mass is 16.5. The maximum absolute atomic E-state index is 14.1. The Morgan fingerprint density at radius 3 is 2.48 bits per heavy atom. The topological polar surface area (TPSA) is 106 Å². The first-order valence-corrected chi connectivity index (χ1v) is 15.0. The quantitative estimate of drug-likeness (QED) is 0.206. The molecule has 0 unspecified atom stereocenters. The van der Waals surface area contributed by atoms with Crippen molar-refractivity contribution in [1.29, 1.82) is 0 Å². The highest BCUT2D eigenvalue weighted by Gasteiger charge is 2.28. The first kappa shape index (κ1) is 31.6. The lowest BCUT2D eigenvalue weighted by Gasteiger charge is -2.37. The fourth-order valence-electron chi connectivity index (χ4n) is 5.89. The highest BCUT2D eigenvalue weighted by molar-refractivity contribution is 6.09. The zero-order chi connectivity index (χ0) is 30.1. The third kappa shape index (κ3) is 7.53. The molecular weight excluding hydrogens is 536 g/mol. The number of methoxy groups -OCH3 is 1. The number of anilines is 1. The number of nitrogens with one attached hydrogen (secondary N) is 2. The molecule has 0 spiro atoms. The Bertz CT molecular complexity index is 1290. The van der Waals surface area contributed by atoms with Crippen molar-refractivity contribution >= 4 is 29.0 Å². The van der Waals surface area contributed by atoms with E-state index in [9.17, 15) is 9.59 Å². The number of carbonyl (C=O) groups excluding carboxylic acids is 2. The van der Waals surface area contributed by atoms with Gasteiger partial charge in [0.1, 0.15) is 17.1 Å². The molecule has 0 bridgehead atoms. The minimum atomic E-state index is -0.151. The highest BCUT2D eigenvalue weighted by Crippen LogP contribution is 2.37. The van der Waals surface area contributed by atoms with Crippen LogP contribution in [0, 0.1) is 0 Å². The molecule has 0 atom stereocenters. The molecule has 0 saturated carbocycles. The minimum Gasteiger partial charge on any atom is -0.497 e. The first-order valence-electron chi connectivity index (χ1n) is 15.0. The largest absolute Gasteiger partial charge is 0.497 e. The van der Waals surface area contributed by atoms with Crippen LogP contribution in [0.5, 0.6) is 0 Å². The standard InChI is InChI=1S/C32H46N4O6/c1-6-26-28(36(7-2)24-8-12-40-13-9-24)18-30-27(17-25(42-30)20-35-10-14-41-15-11-35)31(26)32(38)33-19-22(3)29(39-5)16-23(4)34-21-37/h16-18,21,24H,6-15,19-20H2,1-5H3,(H,33,38)(H,34,37)/b23-16-,29-22-. The van der Waals surface area contributed by atoms with Gasteiger partial charge in [-0.05, 0) is 63.3 Å². The maximum Gasteiger partial charge on any atom is 0.252 e. The summed E-state index contributed by atoms with van der Waals surface area (Å²) in [5.74, 6) is 1.28. The van der Waals surface area contributed by atoms with Gasteiger partial charge in [0, 0.05) is 68.3 Å². The number of carbonyl (C=O) groups is 2. The van der Waals surface area contributed by atoms with Crippen molar-refractivity contribution in [3.8, 4) is 0 Å². The average molecular weight is 583 g/mol. The number of ether oxygens (including phenoxy) is 3. The van der Waals surface area contributed by atoms with E-state index < -0.39 is 0 Å². The second kappa shape index (κ2) is 15.2. The lowest BCUT2D eigenvalue weighted by Crippen LogP contribution is -2.40. The van der Waals surface area contributed by atoms with Crippen LogP contribution in [0.2, 0.25) is 0 Å². The summed E-state index contributed by atoms with van der Waals surface area (Å²) in [6.07, 6.45) is 4.97. The number of allylic oxidation sites excluding steroid dienone is 2. The molecule has 0 aliphatic carbocycles. The van der Waals surface area contributed by atoms with Gasteiger partial charge in [-0.2, -0.15) is 0 Å². The molecule has 2 aromatic rings. The van der Waals surface area contributed by atoms with Gasteiger partial charge in [-0.3, -0.25) is 14.5 Å². The molecule has 3 heterocycles. The van der Waals surface area contributed by atoms with E-state index in [2.05, 4.69) is 40.3 Å². The SMILES string of the molecule is CCc1c(N(CC)C2CCOCC2)cc2oc(CN3CCOCC3)cc2c1C(=O)NC/C(C)=C(/C=C(/C)NC=O)OC. The molecule has 2 N–H and O–H groups in total. The van der Waals surface area contributed by atoms with Gasteiger partial charge in [-0.25, -0.2) is 0 Å². The number of hydrogen-bond donors (Lipinski definition) is 2. The van der Waals surface area contributed by atoms with Gasteiger partial charge >= 0.3 is 0 Å². The third-order valence-corrected chi connectivity index (χ3v) is 8.09. The van der Waals surface area contributed by atoms with E-state index in [0.717, 1.165) is 79.2 Å². The van der Waals surface area contributed by atoms with Gasteiger partial charge in [-0.15, -0.1) is 0 Å². The van der Waals surface area contributed by atoms with E-state index in [4.69, 9.17) is 18.6 Å². The molecule has 1 aromatic carbocycles. The van der Waals surface area contributed by atoms with Crippen molar-refractivity contribution in [3.05, 3.63) is 52.1 Å². The summed E-state index contributed by atoms with van der Waals surface area (Å²) in [5, 5.41) is 6.59. The number of furan rings is 1. The van der Waals surface area contributed by atoms with E-state index in [1.54, 1.807) is 20.1 Å². The number of morpholine rings is 1. The monoisotopic (exact) mass is 582 g/mol. The zero-order valence-electron chi connectivity index (χ0n) is 25.7. The number of benzene rings is 1. The van der Waals surface area contributed by atoms with Gasteiger partial charge in [0.15, 0.2) is 0 Å². The Kier molecular flexibility index (Phi) is 11.5. The number of amides is 2. The molecule has 10 heteroatoms. The zero-order valence-corrected chi connectivity index (χ0v) is 25.7. The summed E-state index contributed by atoms with van der Waals surface area (Å²) in [6, 6.07) is 4.51. The van der Waals surface area contributed by atoms with Crippen LogP contribution in [0.1, 0.15) is 62.2 Å². The Labute approximate surface area is 249 Å². The van der Waals surface area contributed by atoms with E-state index in [0.29, 0.717) is 55.7 Å². The fraction of sp³-hybridized carbons (Fsp3) is 0.562. The molecule has 2 aliphatic heterocycles. The summed E-state index contributed by atoms with van der Waals surface area (Å²) < 4.78 is 23.2. The molecule has 1 aromatic heterocycles. The van der Waals surface area contributed by atoms with Crippen LogP contribution in [0.3, 0.4) is 0 Å². The molecule has 10 nitrogen and oxygen atoms in total. The second-order valence-corrected chi connectivity index (χ2v) is 10.9. The number of fused-ring (bicyclic) bond motifs is 1. The molecule has 2 amide bonds. The third-order valence-electron chi connectivity index (χ3n) is 8.09. The van der Waals surface area contributed by atoms with Crippen LogP contribution >= 0.6 is 0 Å². The number of hydrogen-bond acceptors (Lipinski definition) is 8. The van der Waals surface area contributed by atoms with Crippen LogP contribution in [-0.2, 0) is 32.0 Å². The summed E-state index contributed by atoms with van der Waals surface area (Å²) in [4.78, 5) is 29.6. The number of rotatable bonds is 13. The van der Waals surface area contributed by atoms with E-state index in [1.165, 1.54) is 0 Å². The van der Waals surface area contributed by atoms with Gasteiger partial charge in [0.25, 0.3) is 5.91 Å². The minimum absolute atomic E-state index is 0.151. The average Bonchev–Trinajstić information content (AvgIpc) is 3.41. The molecule has 2 fully saturated rings. The van der Waals surface area contributed by atoms with Crippen molar-refractivity contribution in [2.24, 2.45) is 0 Å². The van der Waals surface area contributed by atoms with Crippen LogP contribution in [0.4, 0.5) is 5.69 Å². The fourth-order valence-corrected chi connectivity index (χ4v) is 5.89. The van der Waals surface area contributed by atoms with Crippen molar-refractivity contribution in [3.63, 3.8) is 0 Å². The van der Waals surface area contributed by atoms with Crippen LogP contribution in [0.25, 0.3) is 11.0 Å². The summed E-state index contributed by atoms with van der Waals surface area (Å²) in [6.45, 7) is 14.4. The van der Waals surface area contributed by atoms with Gasteiger partial charge in [-0.1, -0.05) is 6.92 Å². The maximum atomic E-state index is 14.1.